The number of rotatable bonds is 4. The molecule has 0 aromatic heterocycles. The molecule has 0 saturated carbocycles. The van der Waals surface area contributed by atoms with Gasteiger partial charge in [0.15, 0.2) is 0 Å². The van der Waals surface area contributed by atoms with Crippen molar-refractivity contribution in [3.63, 3.8) is 0 Å². The van der Waals surface area contributed by atoms with Gasteiger partial charge in [-0.25, -0.2) is 4.79 Å². The molecule has 0 radical (unpaired) electrons. The summed E-state index contributed by atoms with van der Waals surface area (Å²) < 4.78 is 0. The summed E-state index contributed by atoms with van der Waals surface area (Å²) in [5.74, 6) is -0.178. The molecule has 2 aromatic carbocycles. The molecule has 0 unspecified atom stereocenters. The van der Waals surface area contributed by atoms with E-state index < -0.39 is 0 Å². The molecule has 1 fully saturated rings. The maximum absolute atomic E-state index is 12.5. The molecule has 3 amide bonds. The number of urea groups is 1. The Morgan fingerprint density at radius 1 is 1.00 bits per heavy atom. The van der Waals surface area contributed by atoms with Crippen molar-refractivity contribution in [2.75, 3.05) is 29.9 Å². The van der Waals surface area contributed by atoms with Crippen LogP contribution < -0.4 is 10.2 Å². The van der Waals surface area contributed by atoms with Gasteiger partial charge in [0.05, 0.1) is 0 Å². The van der Waals surface area contributed by atoms with Gasteiger partial charge in [0, 0.05) is 24.5 Å². The van der Waals surface area contributed by atoms with Crippen molar-refractivity contribution in [1.29, 1.82) is 0 Å². The highest BCUT2D eigenvalue weighted by atomic mass is 16.2. The fourth-order valence-corrected chi connectivity index (χ4v) is 2.89. The Kier molecular flexibility index (Phi) is 4.74. The summed E-state index contributed by atoms with van der Waals surface area (Å²) in [7, 11) is 0. The van der Waals surface area contributed by atoms with E-state index in [4.69, 9.17) is 0 Å². The van der Waals surface area contributed by atoms with Crippen LogP contribution in [0.5, 0.6) is 0 Å². The first-order chi connectivity index (χ1) is 11.9. The first-order valence-corrected chi connectivity index (χ1v) is 8.44. The molecule has 1 aliphatic heterocycles. The SMILES string of the molecule is Cc1ccc(N2CCN(CC(=O)Nc3ccc(C)c(C)c3)C2=O)cc1. The minimum Gasteiger partial charge on any atom is -0.325 e. The highest BCUT2D eigenvalue weighted by molar-refractivity contribution is 5.99. The summed E-state index contributed by atoms with van der Waals surface area (Å²) in [5.41, 5.74) is 5.09. The maximum Gasteiger partial charge on any atom is 0.325 e. The Balaban J connectivity index is 1.61. The molecule has 0 spiro atoms. The molecule has 1 saturated heterocycles. The molecule has 3 rings (SSSR count). The average Bonchev–Trinajstić information content (AvgIpc) is 2.93. The van der Waals surface area contributed by atoms with Gasteiger partial charge in [-0.2, -0.15) is 0 Å². The fourth-order valence-electron chi connectivity index (χ4n) is 2.89. The van der Waals surface area contributed by atoms with Crippen molar-refractivity contribution in [2.45, 2.75) is 20.8 Å². The number of aryl methyl sites for hydroxylation is 3. The number of amides is 3. The van der Waals surface area contributed by atoms with E-state index in [0.717, 1.165) is 22.5 Å². The van der Waals surface area contributed by atoms with Crippen molar-refractivity contribution in [3.05, 3.63) is 59.2 Å². The maximum atomic E-state index is 12.5. The monoisotopic (exact) mass is 337 g/mol. The van der Waals surface area contributed by atoms with E-state index in [1.165, 1.54) is 5.56 Å². The van der Waals surface area contributed by atoms with E-state index in [1.807, 2.05) is 63.2 Å². The lowest BCUT2D eigenvalue weighted by Gasteiger charge is -2.18. The van der Waals surface area contributed by atoms with Crippen LogP contribution >= 0.6 is 0 Å². The molecule has 1 heterocycles. The minimum absolute atomic E-state index is 0.0636. The Hall–Kier alpha value is -2.82. The van der Waals surface area contributed by atoms with E-state index in [9.17, 15) is 9.59 Å². The third-order valence-electron chi connectivity index (χ3n) is 4.57. The molecule has 130 valence electrons. The summed E-state index contributed by atoms with van der Waals surface area (Å²) in [6, 6.07) is 13.5. The largest absolute Gasteiger partial charge is 0.325 e. The van der Waals surface area contributed by atoms with Gasteiger partial charge in [0.1, 0.15) is 6.54 Å². The third-order valence-corrected chi connectivity index (χ3v) is 4.57. The minimum atomic E-state index is -0.178. The first kappa shape index (κ1) is 17.0. The van der Waals surface area contributed by atoms with Crippen LogP contribution in [0.3, 0.4) is 0 Å². The summed E-state index contributed by atoms with van der Waals surface area (Å²) in [5, 5.41) is 2.87. The molecule has 0 atom stereocenters. The molecule has 1 N–H and O–H groups in total. The fraction of sp³-hybridized carbons (Fsp3) is 0.300. The third kappa shape index (κ3) is 3.82. The Labute approximate surface area is 148 Å². The molecular weight excluding hydrogens is 314 g/mol. The smallest absolute Gasteiger partial charge is 0.325 e. The Morgan fingerprint density at radius 3 is 2.40 bits per heavy atom. The van der Waals surface area contributed by atoms with Crippen molar-refractivity contribution >= 4 is 23.3 Å². The number of carbonyl (C=O) groups excluding carboxylic acids is 2. The van der Waals surface area contributed by atoms with Gasteiger partial charge in [-0.3, -0.25) is 9.69 Å². The van der Waals surface area contributed by atoms with Crippen LogP contribution in [0.2, 0.25) is 0 Å². The number of anilines is 2. The van der Waals surface area contributed by atoms with Gasteiger partial charge in [0.2, 0.25) is 5.91 Å². The molecule has 0 bridgehead atoms. The van der Waals surface area contributed by atoms with Crippen LogP contribution in [0.1, 0.15) is 16.7 Å². The van der Waals surface area contributed by atoms with Gasteiger partial charge in [-0.15, -0.1) is 0 Å². The van der Waals surface area contributed by atoms with Gasteiger partial charge in [-0.1, -0.05) is 23.8 Å². The predicted molar refractivity (Wildman–Crippen MR) is 100 cm³/mol. The lowest BCUT2D eigenvalue weighted by Crippen LogP contribution is -2.37. The number of carbonyl (C=O) groups is 2. The van der Waals surface area contributed by atoms with E-state index >= 15 is 0 Å². The molecular formula is C20H23N3O2. The van der Waals surface area contributed by atoms with Crippen LogP contribution in [0, 0.1) is 20.8 Å². The molecule has 2 aromatic rings. The van der Waals surface area contributed by atoms with Crippen LogP contribution in [-0.4, -0.2) is 36.5 Å². The number of nitrogens with zero attached hydrogens (tertiary/aromatic N) is 2. The quantitative estimate of drug-likeness (QED) is 0.928. The zero-order chi connectivity index (χ0) is 18.0. The number of benzene rings is 2. The zero-order valence-corrected chi connectivity index (χ0v) is 14.9. The molecule has 0 aliphatic carbocycles. The zero-order valence-electron chi connectivity index (χ0n) is 14.9. The second-order valence-electron chi connectivity index (χ2n) is 6.54. The Morgan fingerprint density at radius 2 is 1.72 bits per heavy atom. The van der Waals surface area contributed by atoms with E-state index in [0.29, 0.717) is 13.1 Å². The summed E-state index contributed by atoms with van der Waals surface area (Å²) in [6.45, 7) is 7.26. The Bertz CT molecular complexity index is 799. The molecule has 5 heteroatoms. The molecule has 5 nitrogen and oxygen atoms in total. The summed E-state index contributed by atoms with van der Waals surface area (Å²) in [4.78, 5) is 28.1. The number of hydrogen-bond acceptors (Lipinski definition) is 2. The first-order valence-electron chi connectivity index (χ1n) is 8.44. The standard InChI is InChI=1S/C20H23N3O2/c1-14-4-8-18(9-5-14)23-11-10-22(20(23)25)13-19(24)21-17-7-6-15(2)16(3)12-17/h4-9,12H,10-11,13H2,1-3H3,(H,21,24). The highest BCUT2D eigenvalue weighted by Gasteiger charge is 2.30. The van der Waals surface area contributed by atoms with E-state index in [-0.39, 0.29) is 18.5 Å². The van der Waals surface area contributed by atoms with Crippen LogP contribution in [0.25, 0.3) is 0 Å². The topological polar surface area (TPSA) is 52.6 Å². The van der Waals surface area contributed by atoms with Crippen LogP contribution in [0.15, 0.2) is 42.5 Å². The lowest BCUT2D eigenvalue weighted by atomic mass is 10.1. The van der Waals surface area contributed by atoms with Crippen molar-refractivity contribution in [1.82, 2.24) is 4.90 Å². The molecule has 1 aliphatic rings. The second-order valence-corrected chi connectivity index (χ2v) is 6.54. The van der Waals surface area contributed by atoms with Crippen molar-refractivity contribution in [3.8, 4) is 0 Å². The normalized spacial score (nSPS) is 14.1. The van der Waals surface area contributed by atoms with E-state index in [1.54, 1.807) is 9.80 Å². The van der Waals surface area contributed by atoms with Gasteiger partial charge >= 0.3 is 6.03 Å². The van der Waals surface area contributed by atoms with Crippen LogP contribution in [0.4, 0.5) is 16.2 Å². The van der Waals surface area contributed by atoms with Gasteiger partial charge in [-0.05, 0) is 56.2 Å². The van der Waals surface area contributed by atoms with Crippen molar-refractivity contribution < 1.29 is 9.59 Å². The predicted octanol–water partition coefficient (Wildman–Crippen LogP) is 3.49. The summed E-state index contributed by atoms with van der Waals surface area (Å²) >= 11 is 0. The lowest BCUT2D eigenvalue weighted by molar-refractivity contribution is -0.116. The molecule has 25 heavy (non-hydrogen) atoms. The number of nitrogens with one attached hydrogen (secondary N) is 1. The second kappa shape index (κ2) is 6.97. The van der Waals surface area contributed by atoms with Crippen molar-refractivity contribution in [2.24, 2.45) is 0 Å². The van der Waals surface area contributed by atoms with E-state index in [2.05, 4.69) is 5.32 Å². The summed E-state index contributed by atoms with van der Waals surface area (Å²) in [6.07, 6.45) is 0. The highest BCUT2D eigenvalue weighted by Crippen LogP contribution is 2.21. The van der Waals surface area contributed by atoms with Gasteiger partial charge < -0.3 is 10.2 Å². The number of hydrogen-bond donors (Lipinski definition) is 1. The average molecular weight is 337 g/mol. The van der Waals surface area contributed by atoms with Gasteiger partial charge in [0.25, 0.3) is 0 Å². The van der Waals surface area contributed by atoms with Crippen LogP contribution in [-0.2, 0) is 4.79 Å².